The molecule has 0 spiro atoms. The molecule has 0 atom stereocenters. The topological polar surface area (TPSA) is 28.2 Å². The molecule has 0 aromatic carbocycles. The minimum Gasteiger partial charge on any atom is -0.317 e. The summed E-state index contributed by atoms with van der Waals surface area (Å²) in [6, 6.07) is 2.87. The summed E-state index contributed by atoms with van der Waals surface area (Å²) < 4.78 is 0. The zero-order valence-corrected chi connectivity index (χ0v) is 13.5. The van der Waals surface area contributed by atoms with E-state index in [1.807, 2.05) is 0 Å². The number of piperidine rings is 1. The summed E-state index contributed by atoms with van der Waals surface area (Å²) in [6.45, 7) is 6.66. The Kier molecular flexibility index (Phi) is 4.83. The summed E-state index contributed by atoms with van der Waals surface area (Å²) in [6.07, 6.45) is 2.52. The first kappa shape index (κ1) is 14.2. The van der Waals surface area contributed by atoms with Crippen molar-refractivity contribution in [3.05, 3.63) is 27.9 Å². The number of thiazole rings is 1. The first-order valence-corrected chi connectivity index (χ1v) is 9.11. The first-order valence-electron chi connectivity index (χ1n) is 7.28. The van der Waals surface area contributed by atoms with E-state index in [0.29, 0.717) is 6.04 Å². The van der Waals surface area contributed by atoms with Gasteiger partial charge in [0.2, 0.25) is 0 Å². The molecule has 2 aromatic heterocycles. The fourth-order valence-corrected chi connectivity index (χ4v) is 4.30. The molecule has 1 saturated heterocycles. The van der Waals surface area contributed by atoms with Gasteiger partial charge in [-0.1, -0.05) is 6.92 Å². The number of hydrogen-bond donors (Lipinski definition) is 1. The molecule has 1 fully saturated rings. The SMILES string of the molecule is CCN(Cc1csc(-c2ccsc2)n1)C1CCNCC1. The summed E-state index contributed by atoms with van der Waals surface area (Å²) in [5.74, 6) is 0. The van der Waals surface area contributed by atoms with E-state index in [1.54, 1.807) is 22.7 Å². The van der Waals surface area contributed by atoms with E-state index in [-0.39, 0.29) is 0 Å². The van der Waals surface area contributed by atoms with Gasteiger partial charge in [0.15, 0.2) is 0 Å². The number of hydrogen-bond acceptors (Lipinski definition) is 5. The molecule has 0 saturated carbocycles. The Morgan fingerprint density at radius 3 is 2.90 bits per heavy atom. The molecule has 2 aromatic rings. The summed E-state index contributed by atoms with van der Waals surface area (Å²) in [5.41, 5.74) is 2.48. The van der Waals surface area contributed by atoms with Crippen molar-refractivity contribution in [3.63, 3.8) is 0 Å². The Hall–Kier alpha value is -0.750. The predicted molar refractivity (Wildman–Crippen MR) is 87.4 cm³/mol. The van der Waals surface area contributed by atoms with Crippen LogP contribution in [0.3, 0.4) is 0 Å². The third-order valence-electron chi connectivity index (χ3n) is 3.92. The monoisotopic (exact) mass is 307 g/mol. The number of thiophene rings is 1. The molecule has 3 heterocycles. The molecule has 5 heteroatoms. The highest BCUT2D eigenvalue weighted by molar-refractivity contribution is 7.14. The molecule has 1 N–H and O–H groups in total. The molecule has 108 valence electrons. The average molecular weight is 307 g/mol. The largest absolute Gasteiger partial charge is 0.317 e. The molecule has 20 heavy (non-hydrogen) atoms. The lowest BCUT2D eigenvalue weighted by Gasteiger charge is -2.33. The Labute approximate surface area is 128 Å². The van der Waals surface area contributed by atoms with Gasteiger partial charge in [-0.15, -0.1) is 11.3 Å². The molecule has 3 nitrogen and oxygen atoms in total. The lowest BCUT2D eigenvalue weighted by molar-refractivity contribution is 0.161. The van der Waals surface area contributed by atoms with E-state index in [4.69, 9.17) is 4.98 Å². The molecule has 1 aliphatic rings. The average Bonchev–Trinajstić information content (AvgIpc) is 3.16. The number of nitrogens with zero attached hydrogens (tertiary/aromatic N) is 2. The van der Waals surface area contributed by atoms with E-state index in [0.717, 1.165) is 31.2 Å². The molecule has 0 bridgehead atoms. The maximum Gasteiger partial charge on any atom is 0.124 e. The van der Waals surface area contributed by atoms with Crippen LogP contribution in [0.5, 0.6) is 0 Å². The van der Waals surface area contributed by atoms with Crippen LogP contribution < -0.4 is 5.32 Å². The van der Waals surface area contributed by atoms with Crippen LogP contribution in [0.1, 0.15) is 25.5 Å². The van der Waals surface area contributed by atoms with Gasteiger partial charge >= 0.3 is 0 Å². The smallest absolute Gasteiger partial charge is 0.124 e. The van der Waals surface area contributed by atoms with E-state index in [2.05, 4.69) is 39.3 Å². The number of rotatable bonds is 5. The van der Waals surface area contributed by atoms with E-state index < -0.39 is 0 Å². The molecular weight excluding hydrogens is 286 g/mol. The molecule has 3 rings (SSSR count). The van der Waals surface area contributed by atoms with Crippen molar-refractivity contribution in [1.82, 2.24) is 15.2 Å². The summed E-state index contributed by atoms with van der Waals surface area (Å²) in [5, 5.41) is 11.1. The molecule has 1 aliphatic heterocycles. The van der Waals surface area contributed by atoms with Crippen LogP contribution in [0.15, 0.2) is 22.2 Å². The van der Waals surface area contributed by atoms with E-state index in [1.165, 1.54) is 24.1 Å². The highest BCUT2D eigenvalue weighted by Gasteiger charge is 2.20. The minimum atomic E-state index is 0.715. The maximum atomic E-state index is 4.80. The van der Waals surface area contributed by atoms with Crippen molar-refractivity contribution in [1.29, 1.82) is 0 Å². The zero-order chi connectivity index (χ0) is 13.8. The van der Waals surface area contributed by atoms with Crippen LogP contribution in [-0.2, 0) is 6.54 Å². The van der Waals surface area contributed by atoms with Gasteiger partial charge < -0.3 is 5.32 Å². The van der Waals surface area contributed by atoms with Crippen LogP contribution in [-0.4, -0.2) is 35.6 Å². The Bertz CT molecular complexity index is 515. The zero-order valence-electron chi connectivity index (χ0n) is 11.8. The van der Waals surface area contributed by atoms with Gasteiger partial charge in [-0.25, -0.2) is 4.98 Å². The van der Waals surface area contributed by atoms with Gasteiger partial charge in [0.05, 0.1) is 5.69 Å². The molecule has 0 aliphatic carbocycles. The van der Waals surface area contributed by atoms with E-state index >= 15 is 0 Å². The summed E-state index contributed by atoms with van der Waals surface area (Å²) in [7, 11) is 0. The Morgan fingerprint density at radius 1 is 1.35 bits per heavy atom. The van der Waals surface area contributed by atoms with Gasteiger partial charge in [0.25, 0.3) is 0 Å². The quantitative estimate of drug-likeness (QED) is 0.917. The van der Waals surface area contributed by atoms with Gasteiger partial charge in [-0.05, 0) is 43.9 Å². The molecule has 0 amide bonds. The second-order valence-corrected chi connectivity index (χ2v) is 6.84. The third-order valence-corrected chi connectivity index (χ3v) is 5.54. The third kappa shape index (κ3) is 3.28. The van der Waals surface area contributed by atoms with Crippen molar-refractivity contribution < 1.29 is 0 Å². The Morgan fingerprint density at radius 2 is 2.20 bits per heavy atom. The fraction of sp³-hybridized carbons (Fsp3) is 0.533. The standard InChI is InChI=1S/C15H21N3S2/c1-2-18(14-3-6-16-7-4-14)9-13-11-20-15(17-13)12-5-8-19-10-12/h5,8,10-11,14,16H,2-4,6-7,9H2,1H3. The predicted octanol–water partition coefficient (Wildman–Crippen LogP) is 3.45. The van der Waals surface area contributed by atoms with Crippen molar-refractivity contribution in [3.8, 4) is 10.6 Å². The first-order chi connectivity index (χ1) is 9.86. The minimum absolute atomic E-state index is 0.715. The highest BCUT2D eigenvalue weighted by atomic mass is 32.1. The van der Waals surface area contributed by atoms with Crippen molar-refractivity contribution >= 4 is 22.7 Å². The van der Waals surface area contributed by atoms with Crippen LogP contribution in [0.2, 0.25) is 0 Å². The summed E-state index contributed by atoms with van der Waals surface area (Å²) >= 11 is 3.50. The van der Waals surface area contributed by atoms with Crippen LogP contribution in [0, 0.1) is 0 Å². The second-order valence-electron chi connectivity index (χ2n) is 5.20. The lowest BCUT2D eigenvalue weighted by Crippen LogP contribution is -2.42. The summed E-state index contributed by atoms with van der Waals surface area (Å²) in [4.78, 5) is 7.38. The lowest BCUT2D eigenvalue weighted by atomic mass is 10.0. The maximum absolute atomic E-state index is 4.80. The molecular formula is C15H21N3S2. The molecule has 0 radical (unpaired) electrons. The number of nitrogens with one attached hydrogen (secondary N) is 1. The van der Waals surface area contributed by atoms with Crippen molar-refractivity contribution in [2.45, 2.75) is 32.4 Å². The van der Waals surface area contributed by atoms with Gasteiger partial charge in [0.1, 0.15) is 5.01 Å². The van der Waals surface area contributed by atoms with Gasteiger partial charge in [-0.2, -0.15) is 11.3 Å². The van der Waals surface area contributed by atoms with Crippen molar-refractivity contribution in [2.24, 2.45) is 0 Å². The van der Waals surface area contributed by atoms with Crippen molar-refractivity contribution in [2.75, 3.05) is 19.6 Å². The van der Waals surface area contributed by atoms with Crippen LogP contribution in [0.25, 0.3) is 10.6 Å². The van der Waals surface area contributed by atoms with Gasteiger partial charge in [0, 0.05) is 28.9 Å². The van der Waals surface area contributed by atoms with Crippen LogP contribution >= 0.6 is 22.7 Å². The molecule has 0 unspecified atom stereocenters. The normalized spacial score (nSPS) is 16.9. The fourth-order valence-electron chi connectivity index (χ4n) is 2.78. The highest BCUT2D eigenvalue weighted by Crippen LogP contribution is 2.26. The van der Waals surface area contributed by atoms with Crippen LogP contribution in [0.4, 0.5) is 0 Å². The Balaban J connectivity index is 1.66. The second kappa shape index (κ2) is 6.80. The van der Waals surface area contributed by atoms with E-state index in [9.17, 15) is 0 Å². The van der Waals surface area contributed by atoms with Gasteiger partial charge in [-0.3, -0.25) is 4.90 Å². The number of aromatic nitrogens is 1.